The molecule has 1 rings (SSSR count). The van der Waals surface area contributed by atoms with Crippen LogP contribution < -0.4 is 4.35 Å². The van der Waals surface area contributed by atoms with Gasteiger partial charge in [-0.25, -0.2) is 0 Å². The summed E-state index contributed by atoms with van der Waals surface area (Å²) in [4.78, 5) is 10.5. The number of hydrogen-bond acceptors (Lipinski definition) is 1. The summed E-state index contributed by atoms with van der Waals surface area (Å²) < 4.78 is 1.59. The van der Waals surface area contributed by atoms with Gasteiger partial charge in [0, 0.05) is 0 Å². The second-order valence-corrected chi connectivity index (χ2v) is 3.89. The van der Waals surface area contributed by atoms with E-state index in [4.69, 9.17) is 5.11 Å². The third kappa shape index (κ3) is 2.08. The van der Waals surface area contributed by atoms with Crippen LogP contribution in [0.2, 0.25) is 0 Å². The molecule has 1 N–H and O–H groups in total. The SMILES string of the molecule is O=C(O)c1ccc(Br)cc1[As]. The molecule has 0 fully saturated rings. The molecule has 0 aromatic heterocycles. The summed E-state index contributed by atoms with van der Waals surface area (Å²) in [5.41, 5.74) is 0.327. The Labute approximate surface area is 81.2 Å². The van der Waals surface area contributed by atoms with Crippen LogP contribution in [0.25, 0.3) is 0 Å². The van der Waals surface area contributed by atoms with E-state index in [0.29, 0.717) is 9.91 Å². The van der Waals surface area contributed by atoms with Crippen LogP contribution in [0.5, 0.6) is 0 Å². The van der Waals surface area contributed by atoms with Gasteiger partial charge in [-0.3, -0.25) is 0 Å². The van der Waals surface area contributed by atoms with E-state index in [-0.39, 0.29) is 0 Å². The first-order chi connectivity index (χ1) is 5.11. The molecule has 2 nitrogen and oxygen atoms in total. The molecule has 0 saturated heterocycles. The summed E-state index contributed by atoms with van der Waals surface area (Å²) >= 11 is 5.47. The van der Waals surface area contributed by atoms with Gasteiger partial charge in [0.1, 0.15) is 0 Å². The van der Waals surface area contributed by atoms with E-state index in [1.807, 2.05) is 0 Å². The van der Waals surface area contributed by atoms with Crippen LogP contribution in [-0.4, -0.2) is 27.9 Å². The quantitative estimate of drug-likeness (QED) is 0.774. The minimum absolute atomic E-state index is 0.327. The van der Waals surface area contributed by atoms with E-state index in [1.54, 1.807) is 18.2 Å². The molecule has 0 amide bonds. The van der Waals surface area contributed by atoms with Crippen molar-refractivity contribution in [2.24, 2.45) is 0 Å². The van der Waals surface area contributed by atoms with Crippen molar-refractivity contribution >= 4 is 43.1 Å². The van der Waals surface area contributed by atoms with Crippen molar-refractivity contribution in [3.8, 4) is 0 Å². The van der Waals surface area contributed by atoms with Crippen molar-refractivity contribution in [1.29, 1.82) is 0 Å². The maximum atomic E-state index is 10.5. The fourth-order valence-electron chi connectivity index (χ4n) is 0.686. The summed E-state index contributed by atoms with van der Waals surface area (Å²) in [5.74, 6) is -0.895. The molecule has 11 heavy (non-hydrogen) atoms. The Hall–Kier alpha value is -0.272. The Morgan fingerprint density at radius 1 is 1.55 bits per heavy atom. The number of halogens is 1. The molecule has 0 bridgehead atoms. The van der Waals surface area contributed by atoms with Crippen LogP contribution in [0.1, 0.15) is 10.4 Å². The summed E-state index contributed by atoms with van der Waals surface area (Å²) in [7, 11) is 0. The monoisotopic (exact) mass is 274 g/mol. The molecule has 56 valence electrons. The normalized spacial score (nSPS) is 9.64. The number of hydrogen-bond donors (Lipinski definition) is 1. The van der Waals surface area contributed by atoms with E-state index < -0.39 is 5.97 Å². The first-order valence-corrected chi connectivity index (χ1v) is 4.56. The van der Waals surface area contributed by atoms with Gasteiger partial charge in [0.05, 0.1) is 0 Å². The predicted molar refractivity (Wildman–Crippen MR) is 46.5 cm³/mol. The predicted octanol–water partition coefficient (Wildman–Crippen LogP) is 0.941. The standard InChI is InChI=1S/C7H4AsBrO2/c8-6-3-4(9)1-2-5(6)7(10)11/h1-3H,(H,10,11). The van der Waals surface area contributed by atoms with E-state index >= 15 is 0 Å². The zero-order chi connectivity index (χ0) is 8.43. The topological polar surface area (TPSA) is 37.3 Å². The Kier molecular flexibility index (Phi) is 2.74. The van der Waals surface area contributed by atoms with E-state index in [9.17, 15) is 4.79 Å². The zero-order valence-corrected chi connectivity index (χ0v) is 8.88. The van der Waals surface area contributed by atoms with Crippen LogP contribution in [0, 0.1) is 0 Å². The Balaban J connectivity index is 3.20. The average Bonchev–Trinajstić information content (AvgIpc) is 1.85. The summed E-state index contributed by atoms with van der Waals surface area (Å²) in [5, 5.41) is 8.63. The van der Waals surface area contributed by atoms with Gasteiger partial charge in [0.15, 0.2) is 0 Å². The fraction of sp³-hybridized carbons (Fsp3) is 0. The third-order valence-electron chi connectivity index (χ3n) is 1.19. The second-order valence-electron chi connectivity index (χ2n) is 1.97. The molecule has 0 unspecified atom stereocenters. The first kappa shape index (κ1) is 8.82. The van der Waals surface area contributed by atoms with Gasteiger partial charge in [-0.05, 0) is 0 Å². The van der Waals surface area contributed by atoms with Crippen LogP contribution in [0.15, 0.2) is 22.7 Å². The van der Waals surface area contributed by atoms with Gasteiger partial charge in [-0.15, -0.1) is 0 Å². The van der Waals surface area contributed by atoms with Crippen LogP contribution in [0.4, 0.5) is 0 Å². The van der Waals surface area contributed by atoms with Crippen molar-refractivity contribution in [3.05, 3.63) is 28.2 Å². The van der Waals surface area contributed by atoms with Crippen molar-refractivity contribution in [2.75, 3.05) is 0 Å². The number of rotatable bonds is 1. The van der Waals surface area contributed by atoms with Crippen LogP contribution in [-0.2, 0) is 0 Å². The zero-order valence-electron chi connectivity index (χ0n) is 5.41. The summed E-state index contributed by atoms with van der Waals surface area (Å²) in [6, 6.07) is 5.03. The van der Waals surface area contributed by atoms with Gasteiger partial charge in [0.25, 0.3) is 0 Å². The molecule has 0 aliphatic heterocycles. The van der Waals surface area contributed by atoms with Gasteiger partial charge in [-0.1, -0.05) is 0 Å². The molecule has 1 aromatic rings. The molecule has 1 aromatic carbocycles. The summed E-state index contributed by atoms with van der Waals surface area (Å²) in [6.07, 6.45) is 0. The number of carboxylic acids is 1. The molecular formula is C7H4AsBrO2. The minimum atomic E-state index is -0.895. The first-order valence-electron chi connectivity index (χ1n) is 2.83. The molecule has 0 heterocycles. The molecule has 0 spiro atoms. The second kappa shape index (κ2) is 3.42. The number of aromatic carboxylic acids is 1. The fourth-order valence-corrected chi connectivity index (χ4v) is 2.08. The van der Waals surface area contributed by atoms with Crippen molar-refractivity contribution in [3.63, 3.8) is 0 Å². The number of benzene rings is 1. The number of carboxylic acid groups (broad SMARTS) is 1. The Bertz CT molecular complexity index is 298. The van der Waals surface area contributed by atoms with E-state index in [1.165, 1.54) is 0 Å². The van der Waals surface area contributed by atoms with Crippen LogP contribution in [0.3, 0.4) is 0 Å². The van der Waals surface area contributed by atoms with E-state index in [2.05, 4.69) is 32.8 Å². The average molecular weight is 275 g/mol. The number of carbonyl (C=O) groups is 1. The van der Waals surface area contributed by atoms with Gasteiger partial charge < -0.3 is 0 Å². The molecule has 4 heteroatoms. The van der Waals surface area contributed by atoms with Crippen molar-refractivity contribution < 1.29 is 9.90 Å². The molecule has 0 saturated carbocycles. The Morgan fingerprint density at radius 2 is 2.18 bits per heavy atom. The molecular weight excluding hydrogens is 271 g/mol. The molecule has 0 aliphatic rings. The van der Waals surface area contributed by atoms with E-state index in [0.717, 1.165) is 4.47 Å². The molecule has 0 atom stereocenters. The third-order valence-corrected chi connectivity index (χ3v) is 2.46. The maximum absolute atomic E-state index is 10.5. The van der Waals surface area contributed by atoms with Crippen molar-refractivity contribution in [2.45, 2.75) is 0 Å². The van der Waals surface area contributed by atoms with Crippen molar-refractivity contribution in [1.82, 2.24) is 0 Å². The van der Waals surface area contributed by atoms with Gasteiger partial charge in [0.2, 0.25) is 0 Å². The summed E-state index contributed by atoms with van der Waals surface area (Å²) in [6.45, 7) is 0. The van der Waals surface area contributed by atoms with Gasteiger partial charge in [-0.2, -0.15) is 0 Å². The molecule has 2 radical (unpaired) electrons. The Morgan fingerprint density at radius 3 is 2.64 bits per heavy atom. The van der Waals surface area contributed by atoms with Gasteiger partial charge >= 0.3 is 81.2 Å². The molecule has 0 aliphatic carbocycles. The van der Waals surface area contributed by atoms with Crippen LogP contribution >= 0.6 is 15.9 Å².